The van der Waals surface area contributed by atoms with Crippen LogP contribution in [-0.4, -0.2) is 85.7 Å². The topological polar surface area (TPSA) is 241 Å². The number of pyridine rings is 2. The molecule has 4 aromatic rings. The monoisotopic (exact) mass is 853 g/mol. The normalized spacial score (nSPS) is 12.3. The quantitative estimate of drug-likeness (QED) is 0.0610. The van der Waals surface area contributed by atoms with E-state index in [0.717, 1.165) is 48.2 Å². The van der Waals surface area contributed by atoms with Crippen LogP contribution in [-0.2, 0) is 33.8 Å². The van der Waals surface area contributed by atoms with Gasteiger partial charge in [-0.1, -0.05) is 53.7 Å². The number of esters is 1. The lowest BCUT2D eigenvalue weighted by Gasteiger charge is -2.30. The Balaban J connectivity index is 0.000000575. The number of nitrogens with two attached hydrogens (primary N) is 2. The maximum Gasteiger partial charge on any atom is 0.353 e. The number of carbonyl (C=O) groups is 2. The summed E-state index contributed by atoms with van der Waals surface area (Å²) in [6.45, 7) is 14.3. The summed E-state index contributed by atoms with van der Waals surface area (Å²) in [7, 11) is 0.500. The van der Waals surface area contributed by atoms with E-state index >= 15 is 0 Å². The lowest BCUT2D eigenvalue weighted by Crippen LogP contribution is -2.37. The van der Waals surface area contributed by atoms with Crippen LogP contribution < -0.4 is 30.7 Å². The van der Waals surface area contributed by atoms with Gasteiger partial charge in [0, 0.05) is 48.9 Å². The predicted molar refractivity (Wildman–Crippen MR) is 235 cm³/mol. The molecule has 19 heteroatoms. The molecule has 1 aliphatic heterocycles. The summed E-state index contributed by atoms with van der Waals surface area (Å²) in [6, 6.07) is 7.77. The molecule has 2 atom stereocenters. The van der Waals surface area contributed by atoms with E-state index in [0.29, 0.717) is 37.5 Å². The SMILES string of the molecule is C.C.CCC[C@H](C)Oc1nc(N)c([N+](=O)[O-])c(N(CC(=O)OCC)Cc2ccc(C)nc2)n1.CCC[C@H](C)Oc1nc(N)c2c(n1)N(Cc1ccc(C)nc1)CC(=O)C2.CF. The van der Waals surface area contributed by atoms with Gasteiger partial charge in [0.1, 0.15) is 18.2 Å². The standard InChI is InChI=1S/C20H28N6O5.C19H25N5O2.CH3F.2CH4/c1-5-7-14(4)31-20-23-18(21)17(26(28)29)19(24-20)25(12-16(27)30-6-2)11-15-9-8-13(3)22-10-15;1-4-5-13(3)26-19-22-17(20)16-8-15(25)11-24(18(16)23-19)10-14-7-6-12(2)21-9-14;1-2;;/h8-10,14H,5-7,11-12H2,1-4H3,(H2,21,23,24);6-7,9,13H,4-5,8,10-11H2,1-3H3,(H2,20,22,23);1H3;2*1H4/t14-;13-;;;/m00.../s1. The van der Waals surface area contributed by atoms with Gasteiger partial charge in [-0.15, -0.1) is 0 Å². The molecule has 5 heterocycles. The van der Waals surface area contributed by atoms with E-state index < -0.39 is 16.6 Å². The Labute approximate surface area is 358 Å². The molecule has 4 N–H and O–H groups in total. The van der Waals surface area contributed by atoms with Crippen molar-refractivity contribution in [1.29, 1.82) is 0 Å². The van der Waals surface area contributed by atoms with Crippen molar-refractivity contribution in [3.63, 3.8) is 0 Å². The van der Waals surface area contributed by atoms with Gasteiger partial charge in [-0.3, -0.25) is 34.1 Å². The van der Waals surface area contributed by atoms with Crippen LogP contribution in [0.25, 0.3) is 0 Å². The third-order valence-corrected chi connectivity index (χ3v) is 8.71. The van der Waals surface area contributed by atoms with Crippen molar-refractivity contribution in [3.05, 3.63) is 74.9 Å². The highest BCUT2D eigenvalue weighted by Crippen LogP contribution is 2.34. The van der Waals surface area contributed by atoms with Crippen LogP contribution in [0.2, 0.25) is 0 Å². The number of rotatable bonds is 17. The molecule has 5 rings (SSSR count). The fraction of sp³-hybridized carbons (Fsp3) is 0.524. The van der Waals surface area contributed by atoms with Gasteiger partial charge in [-0.2, -0.15) is 19.9 Å². The minimum atomic E-state index is -0.671. The molecular formula is C42H64FN11O7. The molecule has 0 saturated heterocycles. The number of ketones is 1. The number of nitrogen functional groups attached to an aromatic ring is 2. The van der Waals surface area contributed by atoms with E-state index in [4.69, 9.17) is 25.7 Å². The van der Waals surface area contributed by atoms with Crippen LogP contribution in [0, 0.1) is 24.0 Å². The highest BCUT2D eigenvalue weighted by Gasteiger charge is 2.31. The molecule has 61 heavy (non-hydrogen) atoms. The summed E-state index contributed by atoms with van der Waals surface area (Å²) >= 11 is 0. The number of aryl methyl sites for hydroxylation is 2. The summed E-state index contributed by atoms with van der Waals surface area (Å²) in [4.78, 5) is 64.4. The van der Waals surface area contributed by atoms with Gasteiger partial charge >= 0.3 is 23.7 Å². The summed E-state index contributed by atoms with van der Waals surface area (Å²) in [6.07, 6.45) is 7.07. The van der Waals surface area contributed by atoms with Crippen molar-refractivity contribution < 1.29 is 33.1 Å². The highest BCUT2D eigenvalue weighted by molar-refractivity contribution is 5.91. The number of Topliss-reactive ketones (excluding diaryl/α,β-unsaturated/α-hetero) is 1. The first kappa shape index (κ1) is 52.7. The van der Waals surface area contributed by atoms with Gasteiger partial charge in [0.2, 0.25) is 11.6 Å². The summed E-state index contributed by atoms with van der Waals surface area (Å²) in [5.74, 6) is 0.0660. The molecule has 18 nitrogen and oxygen atoms in total. The van der Waals surface area contributed by atoms with Crippen LogP contribution >= 0.6 is 0 Å². The van der Waals surface area contributed by atoms with Gasteiger partial charge in [-0.05, 0) is 70.7 Å². The molecule has 1 aliphatic rings. The molecule has 336 valence electrons. The summed E-state index contributed by atoms with van der Waals surface area (Å²) < 4.78 is 26.1. The van der Waals surface area contributed by atoms with Crippen molar-refractivity contribution in [3.8, 4) is 12.0 Å². The molecule has 0 amide bonds. The van der Waals surface area contributed by atoms with Crippen molar-refractivity contribution >= 4 is 40.7 Å². The van der Waals surface area contributed by atoms with E-state index in [1.165, 1.54) is 4.90 Å². The summed E-state index contributed by atoms with van der Waals surface area (Å²) in [5, 5.41) is 11.7. The zero-order chi connectivity index (χ0) is 43.6. The Morgan fingerprint density at radius 3 is 1.93 bits per heavy atom. The van der Waals surface area contributed by atoms with Crippen LogP contribution in [0.15, 0.2) is 36.7 Å². The fourth-order valence-electron chi connectivity index (χ4n) is 5.99. The molecule has 0 aliphatic carbocycles. The first-order valence-corrected chi connectivity index (χ1v) is 19.4. The third kappa shape index (κ3) is 16.0. The largest absolute Gasteiger partial charge is 0.465 e. The number of hydrogen-bond donors (Lipinski definition) is 2. The molecule has 0 bridgehead atoms. The zero-order valence-electron chi connectivity index (χ0n) is 35.1. The van der Waals surface area contributed by atoms with E-state index in [1.54, 1.807) is 13.1 Å². The van der Waals surface area contributed by atoms with Gasteiger partial charge in [-0.25, -0.2) is 0 Å². The molecule has 0 aromatic carbocycles. The number of carbonyl (C=O) groups excluding carboxylic acids is 2. The van der Waals surface area contributed by atoms with Gasteiger partial charge < -0.3 is 35.5 Å². The van der Waals surface area contributed by atoms with Gasteiger partial charge in [0.05, 0.1) is 37.5 Å². The van der Waals surface area contributed by atoms with Crippen LogP contribution in [0.5, 0.6) is 12.0 Å². The number of alkyl halides is 1. The average molecular weight is 854 g/mol. The van der Waals surface area contributed by atoms with Crippen molar-refractivity contribution in [1.82, 2.24) is 29.9 Å². The smallest absolute Gasteiger partial charge is 0.353 e. The Kier molecular flexibility index (Phi) is 22.5. The van der Waals surface area contributed by atoms with Gasteiger partial charge in [0.25, 0.3) is 0 Å². The molecule has 0 spiro atoms. The minimum Gasteiger partial charge on any atom is -0.465 e. The lowest BCUT2D eigenvalue weighted by atomic mass is 10.0. The second-order valence-corrected chi connectivity index (χ2v) is 13.8. The maximum absolute atomic E-state index is 12.2. The first-order valence-electron chi connectivity index (χ1n) is 19.4. The number of anilines is 4. The number of aromatic nitrogens is 6. The molecular weight excluding hydrogens is 790 g/mol. The van der Waals surface area contributed by atoms with Crippen LogP contribution in [0.3, 0.4) is 0 Å². The first-order chi connectivity index (χ1) is 28.2. The van der Waals surface area contributed by atoms with Crippen LogP contribution in [0.1, 0.15) is 103 Å². The Hall–Kier alpha value is -6.27. The molecule has 0 fully saturated rings. The number of nitrogens with zero attached hydrogens (tertiary/aromatic N) is 9. The summed E-state index contributed by atoms with van der Waals surface area (Å²) in [5.41, 5.74) is 15.7. The Morgan fingerprint density at radius 2 is 1.43 bits per heavy atom. The fourth-order valence-corrected chi connectivity index (χ4v) is 5.99. The zero-order valence-corrected chi connectivity index (χ0v) is 35.1. The number of ether oxygens (including phenoxy) is 3. The highest BCUT2D eigenvalue weighted by atomic mass is 19.1. The second-order valence-electron chi connectivity index (χ2n) is 13.8. The van der Waals surface area contributed by atoms with Crippen molar-refractivity contribution in [2.45, 2.75) is 121 Å². The van der Waals surface area contributed by atoms with E-state index in [-0.39, 0.29) is 82.6 Å². The molecule has 4 aromatic heterocycles. The van der Waals surface area contributed by atoms with E-state index in [9.17, 15) is 24.1 Å². The number of nitro groups is 1. The Bertz CT molecular complexity index is 1990. The molecule has 0 saturated carbocycles. The number of halogens is 1. The maximum atomic E-state index is 12.2. The average Bonchev–Trinajstić information content (AvgIpc) is 3.17. The molecule has 0 radical (unpaired) electrons. The lowest BCUT2D eigenvalue weighted by molar-refractivity contribution is -0.383. The third-order valence-electron chi connectivity index (χ3n) is 8.71. The van der Waals surface area contributed by atoms with E-state index in [2.05, 4.69) is 36.8 Å². The van der Waals surface area contributed by atoms with Crippen LogP contribution in [0.4, 0.5) is 33.3 Å². The second kappa shape index (κ2) is 26.0. The minimum absolute atomic E-state index is 0. The number of hydrogen-bond acceptors (Lipinski definition) is 17. The molecule has 0 unspecified atom stereocenters. The number of fused-ring (bicyclic) bond motifs is 1. The van der Waals surface area contributed by atoms with E-state index in [1.807, 2.05) is 70.0 Å². The van der Waals surface area contributed by atoms with Crippen molar-refractivity contribution in [2.75, 3.05) is 48.1 Å². The van der Waals surface area contributed by atoms with Gasteiger partial charge in [0.15, 0.2) is 5.78 Å². The predicted octanol–water partition coefficient (Wildman–Crippen LogP) is 7.13. The van der Waals surface area contributed by atoms with Crippen molar-refractivity contribution in [2.24, 2.45) is 0 Å². The Morgan fingerprint density at radius 1 is 0.885 bits per heavy atom.